The summed E-state index contributed by atoms with van der Waals surface area (Å²) in [5.74, 6) is 1.21. The molecule has 3 nitrogen and oxygen atoms in total. The number of hydrogen-bond acceptors (Lipinski definition) is 4. The van der Waals surface area contributed by atoms with Crippen molar-refractivity contribution in [1.29, 1.82) is 0 Å². The van der Waals surface area contributed by atoms with Crippen molar-refractivity contribution in [2.75, 3.05) is 12.3 Å². The highest BCUT2D eigenvalue weighted by atomic mass is 32.2. The molecule has 1 aromatic heterocycles. The highest BCUT2D eigenvalue weighted by Gasteiger charge is 2.53. The summed E-state index contributed by atoms with van der Waals surface area (Å²) in [6.07, 6.45) is 1.05. The Bertz CT molecular complexity index is 641. The number of amides is 1. The van der Waals surface area contributed by atoms with Crippen molar-refractivity contribution >= 4 is 29.0 Å². The van der Waals surface area contributed by atoms with Crippen molar-refractivity contribution in [2.24, 2.45) is 0 Å². The van der Waals surface area contributed by atoms with E-state index >= 15 is 0 Å². The van der Waals surface area contributed by atoms with E-state index in [1.165, 1.54) is 0 Å². The van der Waals surface area contributed by atoms with E-state index in [0.717, 1.165) is 35.5 Å². The van der Waals surface area contributed by atoms with Gasteiger partial charge in [0.05, 0.1) is 11.2 Å². The summed E-state index contributed by atoms with van der Waals surface area (Å²) in [4.78, 5) is 18.7. The van der Waals surface area contributed by atoms with Gasteiger partial charge in [0.25, 0.3) is 5.91 Å². The zero-order chi connectivity index (χ0) is 12.9. The summed E-state index contributed by atoms with van der Waals surface area (Å²) >= 11 is 3.43. The second kappa shape index (κ2) is 4.08. The predicted molar refractivity (Wildman–Crippen MR) is 77.4 cm³/mol. The second-order valence-electron chi connectivity index (χ2n) is 4.72. The van der Waals surface area contributed by atoms with Crippen molar-refractivity contribution < 1.29 is 4.79 Å². The van der Waals surface area contributed by atoms with Gasteiger partial charge in [0.15, 0.2) is 4.87 Å². The SMILES string of the molecule is O=C1c2ccccc2C2(c3cscn3)SCCCN12. The standard InChI is InChI=1S/C14H12N2OS2/c17-13-10-4-1-2-5-11(10)14(12-8-18-9-15-12)16(13)6-3-7-19-14/h1-2,4-5,8-9H,3,6-7H2. The Kier molecular flexibility index (Phi) is 2.47. The molecule has 1 saturated heterocycles. The molecule has 1 aromatic carbocycles. The smallest absolute Gasteiger partial charge is 0.255 e. The molecule has 2 aliphatic heterocycles. The third kappa shape index (κ3) is 1.40. The fraction of sp³-hybridized carbons (Fsp3) is 0.286. The van der Waals surface area contributed by atoms with E-state index in [9.17, 15) is 4.79 Å². The van der Waals surface area contributed by atoms with Crippen molar-refractivity contribution in [1.82, 2.24) is 9.88 Å². The van der Waals surface area contributed by atoms with Gasteiger partial charge in [-0.2, -0.15) is 0 Å². The number of carbonyl (C=O) groups excluding carboxylic acids is 1. The number of thioether (sulfide) groups is 1. The number of fused-ring (bicyclic) bond motifs is 3. The summed E-state index contributed by atoms with van der Waals surface area (Å²) in [6.45, 7) is 0.817. The van der Waals surface area contributed by atoms with Crippen LogP contribution in [0.2, 0.25) is 0 Å². The molecule has 3 heterocycles. The number of rotatable bonds is 1. The van der Waals surface area contributed by atoms with E-state index in [-0.39, 0.29) is 10.8 Å². The number of aromatic nitrogens is 1. The Morgan fingerprint density at radius 3 is 3.05 bits per heavy atom. The maximum Gasteiger partial charge on any atom is 0.255 e. The lowest BCUT2D eigenvalue weighted by atomic mass is 10.0. The molecule has 96 valence electrons. The summed E-state index contributed by atoms with van der Waals surface area (Å²) in [7, 11) is 0. The average Bonchev–Trinajstić information content (AvgIpc) is 3.07. The molecule has 2 aromatic rings. The molecule has 0 N–H and O–H groups in total. The monoisotopic (exact) mass is 288 g/mol. The lowest BCUT2D eigenvalue weighted by molar-refractivity contribution is 0.0713. The zero-order valence-electron chi connectivity index (χ0n) is 10.2. The minimum absolute atomic E-state index is 0.149. The van der Waals surface area contributed by atoms with Crippen molar-refractivity contribution in [3.05, 3.63) is 52.0 Å². The third-order valence-corrected chi connectivity index (χ3v) is 5.91. The van der Waals surface area contributed by atoms with Gasteiger partial charge in [0.1, 0.15) is 0 Å². The maximum absolute atomic E-state index is 12.6. The van der Waals surface area contributed by atoms with Crippen molar-refractivity contribution in [2.45, 2.75) is 11.3 Å². The lowest BCUT2D eigenvalue weighted by Crippen LogP contribution is -2.46. The Morgan fingerprint density at radius 1 is 1.32 bits per heavy atom. The highest BCUT2D eigenvalue weighted by Crippen LogP contribution is 2.53. The molecule has 0 saturated carbocycles. The number of carbonyl (C=O) groups is 1. The molecular formula is C14H12N2OS2. The van der Waals surface area contributed by atoms with E-state index in [4.69, 9.17) is 0 Å². The van der Waals surface area contributed by atoms with E-state index in [1.54, 1.807) is 11.3 Å². The van der Waals surface area contributed by atoms with Crippen LogP contribution in [0, 0.1) is 0 Å². The Balaban J connectivity index is 2.01. The minimum atomic E-state index is -0.383. The molecule has 0 aliphatic carbocycles. The van der Waals surface area contributed by atoms with Gasteiger partial charge in [-0.3, -0.25) is 4.79 Å². The van der Waals surface area contributed by atoms with Crippen LogP contribution in [-0.4, -0.2) is 28.1 Å². The van der Waals surface area contributed by atoms with Crippen LogP contribution >= 0.6 is 23.1 Å². The first-order chi connectivity index (χ1) is 9.34. The fourth-order valence-electron chi connectivity index (χ4n) is 2.99. The Morgan fingerprint density at radius 2 is 2.21 bits per heavy atom. The van der Waals surface area contributed by atoms with E-state index in [0.29, 0.717) is 0 Å². The number of hydrogen-bond donors (Lipinski definition) is 0. The van der Waals surface area contributed by atoms with Crippen LogP contribution < -0.4 is 0 Å². The van der Waals surface area contributed by atoms with Crippen molar-refractivity contribution in [3.63, 3.8) is 0 Å². The third-order valence-electron chi connectivity index (χ3n) is 3.76. The average molecular weight is 288 g/mol. The van der Waals surface area contributed by atoms with Gasteiger partial charge >= 0.3 is 0 Å². The molecule has 5 heteroatoms. The normalized spacial score (nSPS) is 25.3. The molecule has 1 atom stereocenters. The molecule has 0 spiro atoms. The molecule has 0 bridgehead atoms. The molecule has 0 radical (unpaired) electrons. The first-order valence-corrected chi connectivity index (χ1v) is 8.21. The van der Waals surface area contributed by atoms with Gasteiger partial charge in [-0.05, 0) is 18.2 Å². The Hall–Kier alpha value is -1.33. The molecule has 1 fully saturated rings. The molecule has 1 amide bonds. The van der Waals surface area contributed by atoms with Crippen LogP contribution in [-0.2, 0) is 4.87 Å². The lowest BCUT2D eigenvalue weighted by Gasteiger charge is -2.41. The number of nitrogens with zero attached hydrogens (tertiary/aromatic N) is 2. The van der Waals surface area contributed by atoms with E-state index in [2.05, 4.69) is 16.4 Å². The minimum Gasteiger partial charge on any atom is -0.314 e. The quantitative estimate of drug-likeness (QED) is 0.809. The molecule has 1 unspecified atom stereocenters. The summed E-state index contributed by atoms with van der Waals surface area (Å²) in [5.41, 5.74) is 4.80. The van der Waals surface area contributed by atoms with Gasteiger partial charge in [-0.15, -0.1) is 23.1 Å². The predicted octanol–water partition coefficient (Wildman–Crippen LogP) is 2.94. The largest absolute Gasteiger partial charge is 0.314 e. The molecule has 19 heavy (non-hydrogen) atoms. The second-order valence-corrected chi connectivity index (χ2v) is 6.73. The van der Waals surface area contributed by atoms with Gasteiger partial charge in [-0.25, -0.2) is 4.98 Å². The van der Waals surface area contributed by atoms with Crippen LogP contribution in [0.3, 0.4) is 0 Å². The fourth-order valence-corrected chi connectivity index (χ4v) is 5.15. The van der Waals surface area contributed by atoms with Crippen LogP contribution in [0.25, 0.3) is 0 Å². The first-order valence-electron chi connectivity index (χ1n) is 6.28. The topological polar surface area (TPSA) is 33.2 Å². The maximum atomic E-state index is 12.6. The van der Waals surface area contributed by atoms with Crippen LogP contribution in [0.1, 0.15) is 28.0 Å². The van der Waals surface area contributed by atoms with Gasteiger partial charge < -0.3 is 4.90 Å². The van der Waals surface area contributed by atoms with Crippen molar-refractivity contribution in [3.8, 4) is 0 Å². The number of benzene rings is 1. The van der Waals surface area contributed by atoms with Crippen LogP contribution in [0.4, 0.5) is 0 Å². The van der Waals surface area contributed by atoms with Crippen LogP contribution in [0.15, 0.2) is 35.2 Å². The first kappa shape index (κ1) is 11.5. The number of thiazole rings is 1. The molecule has 4 rings (SSSR count). The van der Waals surface area contributed by atoms with E-state index < -0.39 is 0 Å². The summed E-state index contributed by atoms with van der Waals surface area (Å²) in [6, 6.07) is 7.96. The molecular weight excluding hydrogens is 276 g/mol. The van der Waals surface area contributed by atoms with E-state index in [1.807, 2.05) is 40.4 Å². The molecule has 2 aliphatic rings. The highest BCUT2D eigenvalue weighted by molar-refractivity contribution is 8.00. The summed E-state index contributed by atoms with van der Waals surface area (Å²) in [5, 5.41) is 2.07. The Labute approximate surface area is 119 Å². The van der Waals surface area contributed by atoms with Gasteiger partial charge in [0, 0.05) is 23.1 Å². The van der Waals surface area contributed by atoms with Gasteiger partial charge in [-0.1, -0.05) is 18.2 Å². The summed E-state index contributed by atoms with van der Waals surface area (Å²) < 4.78 is 0. The zero-order valence-corrected chi connectivity index (χ0v) is 11.8. The van der Waals surface area contributed by atoms with Gasteiger partial charge in [0.2, 0.25) is 0 Å². The van der Waals surface area contributed by atoms with Crippen LogP contribution in [0.5, 0.6) is 0 Å².